The van der Waals surface area contributed by atoms with Gasteiger partial charge in [-0.05, 0) is 49.3 Å². The highest BCUT2D eigenvalue weighted by molar-refractivity contribution is 8.00. The summed E-state index contributed by atoms with van der Waals surface area (Å²) in [5.41, 5.74) is 3.85. The summed E-state index contributed by atoms with van der Waals surface area (Å²) < 4.78 is 0.115. The van der Waals surface area contributed by atoms with E-state index in [1.807, 2.05) is 12.3 Å². The van der Waals surface area contributed by atoms with Gasteiger partial charge in [-0.15, -0.1) is 0 Å². The van der Waals surface area contributed by atoms with Gasteiger partial charge in [-0.25, -0.2) is 0 Å². The lowest BCUT2D eigenvalue weighted by Crippen LogP contribution is -2.42. The number of nitrogens with zero attached hydrogens (tertiary/aromatic N) is 2. The molecule has 2 aliphatic rings. The minimum Gasteiger partial charge on any atom is -0.337 e. The molecule has 3 nitrogen and oxygen atoms in total. The second kappa shape index (κ2) is 8.69. The third-order valence-electron chi connectivity index (χ3n) is 6.40. The van der Waals surface area contributed by atoms with Gasteiger partial charge in [0.2, 0.25) is 5.91 Å². The van der Waals surface area contributed by atoms with Gasteiger partial charge < -0.3 is 4.90 Å². The number of rotatable bonds is 4. The molecule has 2 heterocycles. The van der Waals surface area contributed by atoms with Crippen molar-refractivity contribution < 1.29 is 4.79 Å². The zero-order valence-corrected chi connectivity index (χ0v) is 17.6. The van der Waals surface area contributed by atoms with Crippen LogP contribution < -0.4 is 0 Å². The van der Waals surface area contributed by atoms with E-state index in [4.69, 9.17) is 0 Å². The fraction of sp³-hybridized carbons (Fsp3) is 0.500. The molecule has 0 radical (unpaired) electrons. The molecule has 2 unspecified atom stereocenters. The van der Waals surface area contributed by atoms with E-state index >= 15 is 0 Å². The number of carbonyl (C=O) groups excluding carboxylic acids is 1. The number of benzene rings is 1. The fourth-order valence-corrected chi connectivity index (χ4v) is 6.45. The molecule has 148 valence electrons. The first kappa shape index (κ1) is 19.5. The molecular weight excluding hydrogens is 364 g/mol. The average molecular weight is 395 g/mol. The molecule has 1 aromatic carbocycles. The van der Waals surface area contributed by atoms with Crippen LogP contribution in [0.4, 0.5) is 0 Å². The van der Waals surface area contributed by atoms with E-state index in [0.717, 1.165) is 24.3 Å². The van der Waals surface area contributed by atoms with Gasteiger partial charge in [-0.3, -0.25) is 9.78 Å². The lowest BCUT2D eigenvalue weighted by atomic mass is 9.73. The molecule has 1 spiro atoms. The van der Waals surface area contributed by atoms with Crippen LogP contribution in [0, 0.1) is 12.8 Å². The Hall–Kier alpha value is -1.81. The smallest absolute Gasteiger partial charge is 0.224 e. The van der Waals surface area contributed by atoms with Crippen LogP contribution in [-0.2, 0) is 17.8 Å². The molecule has 4 rings (SSSR count). The number of aromatic nitrogens is 1. The summed E-state index contributed by atoms with van der Waals surface area (Å²) in [5.74, 6) is 1.96. The van der Waals surface area contributed by atoms with Crippen molar-refractivity contribution in [2.45, 2.75) is 56.7 Å². The van der Waals surface area contributed by atoms with Crippen LogP contribution >= 0.6 is 11.8 Å². The topological polar surface area (TPSA) is 33.2 Å². The predicted molar refractivity (Wildman–Crippen MR) is 116 cm³/mol. The monoisotopic (exact) mass is 394 g/mol. The SMILES string of the molecule is Cc1ccc(CC2CCCCC23CC(=O)N(Cc2cccnc2)CCS3)cc1. The number of amides is 1. The third kappa shape index (κ3) is 4.43. The second-order valence-corrected chi connectivity index (χ2v) is 9.91. The van der Waals surface area contributed by atoms with Crippen molar-refractivity contribution in [3.05, 3.63) is 65.5 Å². The summed E-state index contributed by atoms with van der Waals surface area (Å²) in [6.07, 6.45) is 10.4. The third-order valence-corrected chi connectivity index (χ3v) is 8.04. The summed E-state index contributed by atoms with van der Waals surface area (Å²) in [6.45, 7) is 3.67. The zero-order chi connectivity index (χ0) is 19.4. The maximum Gasteiger partial charge on any atom is 0.224 e. The highest BCUT2D eigenvalue weighted by Gasteiger charge is 2.44. The first-order valence-corrected chi connectivity index (χ1v) is 11.5. The van der Waals surface area contributed by atoms with Crippen LogP contribution in [0.25, 0.3) is 0 Å². The standard InChI is InChI=1S/C24H30N2OS/c1-19-7-9-20(10-8-19)15-22-6-2-3-11-24(22)16-23(27)26(13-14-28-24)18-21-5-4-12-25-17-21/h4-5,7-10,12,17,22H,2-3,6,11,13-16,18H2,1H3. The Balaban J connectivity index is 1.50. The van der Waals surface area contributed by atoms with Gasteiger partial charge in [0, 0.05) is 42.4 Å². The summed E-state index contributed by atoms with van der Waals surface area (Å²) >= 11 is 2.08. The van der Waals surface area contributed by atoms with Gasteiger partial charge in [0.25, 0.3) is 0 Å². The van der Waals surface area contributed by atoms with E-state index in [1.165, 1.54) is 36.8 Å². The van der Waals surface area contributed by atoms with Crippen molar-refractivity contribution >= 4 is 17.7 Å². The molecule has 0 bridgehead atoms. The van der Waals surface area contributed by atoms with Crippen LogP contribution in [0.15, 0.2) is 48.8 Å². The van der Waals surface area contributed by atoms with Crippen molar-refractivity contribution in [3.63, 3.8) is 0 Å². The Morgan fingerprint density at radius 2 is 2.04 bits per heavy atom. The molecule has 0 N–H and O–H groups in total. The Bertz CT molecular complexity index is 792. The number of hydrogen-bond acceptors (Lipinski definition) is 3. The highest BCUT2D eigenvalue weighted by Crippen LogP contribution is 2.49. The molecule has 1 aliphatic heterocycles. The van der Waals surface area contributed by atoms with Crippen LogP contribution in [0.2, 0.25) is 0 Å². The number of hydrogen-bond donors (Lipinski definition) is 0. The van der Waals surface area contributed by atoms with E-state index < -0.39 is 0 Å². The van der Waals surface area contributed by atoms with Crippen LogP contribution in [0.3, 0.4) is 0 Å². The molecule has 4 heteroatoms. The highest BCUT2D eigenvalue weighted by atomic mass is 32.2. The van der Waals surface area contributed by atoms with Crippen LogP contribution in [0.1, 0.15) is 48.8 Å². The molecule has 1 aromatic heterocycles. The van der Waals surface area contributed by atoms with E-state index in [1.54, 1.807) is 6.20 Å². The Morgan fingerprint density at radius 3 is 2.82 bits per heavy atom. The summed E-state index contributed by atoms with van der Waals surface area (Å²) in [6, 6.07) is 13.0. The lowest BCUT2D eigenvalue weighted by Gasteiger charge is -2.43. The van der Waals surface area contributed by atoms with Gasteiger partial charge in [0.15, 0.2) is 0 Å². The lowest BCUT2D eigenvalue weighted by molar-refractivity contribution is -0.132. The first-order chi connectivity index (χ1) is 13.6. The molecule has 1 saturated carbocycles. The minimum atomic E-state index is 0.115. The quantitative estimate of drug-likeness (QED) is 0.729. The van der Waals surface area contributed by atoms with E-state index in [2.05, 4.69) is 58.9 Å². The van der Waals surface area contributed by atoms with Crippen molar-refractivity contribution in [1.82, 2.24) is 9.88 Å². The van der Waals surface area contributed by atoms with Crippen molar-refractivity contribution in [3.8, 4) is 0 Å². The van der Waals surface area contributed by atoms with Crippen molar-refractivity contribution in [1.29, 1.82) is 0 Å². The molecule has 1 amide bonds. The Labute approximate surface area is 172 Å². The van der Waals surface area contributed by atoms with Crippen molar-refractivity contribution in [2.24, 2.45) is 5.92 Å². The number of aryl methyl sites for hydroxylation is 1. The predicted octanol–water partition coefficient (Wildman–Crippen LogP) is 5.03. The van der Waals surface area contributed by atoms with Gasteiger partial charge in [-0.1, -0.05) is 48.7 Å². The molecule has 2 aromatic rings. The molecule has 2 atom stereocenters. The molecule has 2 fully saturated rings. The Morgan fingerprint density at radius 1 is 1.18 bits per heavy atom. The average Bonchev–Trinajstić information content (AvgIpc) is 2.86. The fourth-order valence-electron chi connectivity index (χ4n) is 4.78. The minimum absolute atomic E-state index is 0.115. The maximum atomic E-state index is 13.2. The second-order valence-electron chi connectivity index (χ2n) is 8.40. The summed E-state index contributed by atoms with van der Waals surface area (Å²) in [5, 5.41) is 0. The Kier molecular flexibility index (Phi) is 6.05. The van der Waals surface area contributed by atoms with Gasteiger partial charge in [-0.2, -0.15) is 11.8 Å². The van der Waals surface area contributed by atoms with E-state index in [-0.39, 0.29) is 4.75 Å². The molecule has 28 heavy (non-hydrogen) atoms. The van der Waals surface area contributed by atoms with Crippen LogP contribution in [-0.4, -0.2) is 32.8 Å². The van der Waals surface area contributed by atoms with E-state index in [9.17, 15) is 4.79 Å². The van der Waals surface area contributed by atoms with Crippen molar-refractivity contribution in [2.75, 3.05) is 12.3 Å². The molecule has 1 aliphatic carbocycles. The molecule has 1 saturated heterocycles. The maximum absolute atomic E-state index is 13.2. The van der Waals surface area contributed by atoms with E-state index in [0.29, 0.717) is 24.8 Å². The number of thioether (sulfide) groups is 1. The van der Waals surface area contributed by atoms with Crippen LogP contribution in [0.5, 0.6) is 0 Å². The summed E-state index contributed by atoms with van der Waals surface area (Å²) in [4.78, 5) is 19.5. The number of pyridine rings is 1. The number of carbonyl (C=O) groups is 1. The largest absolute Gasteiger partial charge is 0.337 e. The first-order valence-electron chi connectivity index (χ1n) is 10.5. The molecular formula is C24H30N2OS. The zero-order valence-electron chi connectivity index (χ0n) is 16.8. The summed E-state index contributed by atoms with van der Waals surface area (Å²) in [7, 11) is 0. The van der Waals surface area contributed by atoms with Gasteiger partial charge in [0.05, 0.1) is 0 Å². The normalized spacial score (nSPS) is 25.7. The van der Waals surface area contributed by atoms with Gasteiger partial charge >= 0.3 is 0 Å². The van der Waals surface area contributed by atoms with Gasteiger partial charge in [0.1, 0.15) is 0 Å².